The lowest BCUT2D eigenvalue weighted by molar-refractivity contribution is -0.144. The smallest absolute Gasteiger partial charge is 0.225 e. The van der Waals surface area contributed by atoms with Gasteiger partial charge in [0.15, 0.2) is 0 Å². The standard InChI is InChI=1S/C9H14NO2/c1-12-8-5-7(6-8)9(11)10-3-2-4-10/h2,7-8H,3-6H2,1H3. The van der Waals surface area contributed by atoms with Gasteiger partial charge in [0.2, 0.25) is 5.91 Å². The molecule has 1 radical (unpaired) electrons. The van der Waals surface area contributed by atoms with Crippen LogP contribution in [0.4, 0.5) is 0 Å². The summed E-state index contributed by atoms with van der Waals surface area (Å²) in [4.78, 5) is 13.4. The van der Waals surface area contributed by atoms with Gasteiger partial charge in [-0.1, -0.05) is 0 Å². The summed E-state index contributed by atoms with van der Waals surface area (Å²) < 4.78 is 5.12. The lowest BCUT2D eigenvalue weighted by atomic mass is 9.81. The summed E-state index contributed by atoms with van der Waals surface area (Å²) in [5.74, 6) is 0.578. The molecule has 2 fully saturated rings. The molecule has 3 nitrogen and oxygen atoms in total. The molecule has 0 aromatic rings. The topological polar surface area (TPSA) is 29.5 Å². The number of nitrogens with zero attached hydrogens (tertiary/aromatic N) is 1. The first-order valence-electron chi connectivity index (χ1n) is 4.44. The fourth-order valence-corrected chi connectivity index (χ4v) is 1.66. The normalized spacial score (nSPS) is 33.9. The Morgan fingerprint density at radius 1 is 1.50 bits per heavy atom. The molecule has 0 atom stereocenters. The molecule has 1 heterocycles. The third kappa shape index (κ3) is 1.22. The van der Waals surface area contributed by atoms with Gasteiger partial charge in [-0.25, -0.2) is 0 Å². The molecule has 1 amide bonds. The van der Waals surface area contributed by atoms with Gasteiger partial charge in [0.1, 0.15) is 0 Å². The van der Waals surface area contributed by atoms with Gasteiger partial charge in [-0.15, -0.1) is 0 Å². The Bertz CT molecular complexity index is 183. The largest absolute Gasteiger partial charge is 0.381 e. The summed E-state index contributed by atoms with van der Waals surface area (Å²) >= 11 is 0. The van der Waals surface area contributed by atoms with Crippen LogP contribution in [0, 0.1) is 12.3 Å². The molecular weight excluding hydrogens is 154 g/mol. The van der Waals surface area contributed by atoms with Crippen LogP contribution in [0.15, 0.2) is 0 Å². The SMILES string of the molecule is COC1CC(C(=O)N2C[CH]C2)C1. The van der Waals surface area contributed by atoms with Crippen molar-refractivity contribution in [2.75, 3.05) is 20.2 Å². The zero-order chi connectivity index (χ0) is 8.55. The van der Waals surface area contributed by atoms with E-state index in [9.17, 15) is 4.79 Å². The Morgan fingerprint density at radius 2 is 2.17 bits per heavy atom. The van der Waals surface area contributed by atoms with Gasteiger partial charge < -0.3 is 9.64 Å². The zero-order valence-corrected chi connectivity index (χ0v) is 7.32. The van der Waals surface area contributed by atoms with Gasteiger partial charge in [0, 0.05) is 32.5 Å². The van der Waals surface area contributed by atoms with E-state index in [1.807, 2.05) is 4.90 Å². The molecule has 0 N–H and O–H groups in total. The third-order valence-electron chi connectivity index (χ3n) is 2.79. The van der Waals surface area contributed by atoms with Gasteiger partial charge in [-0.2, -0.15) is 0 Å². The van der Waals surface area contributed by atoms with E-state index >= 15 is 0 Å². The Morgan fingerprint density at radius 3 is 2.58 bits per heavy atom. The highest BCUT2D eigenvalue weighted by Gasteiger charge is 2.38. The van der Waals surface area contributed by atoms with E-state index in [0.29, 0.717) is 12.0 Å². The fourth-order valence-electron chi connectivity index (χ4n) is 1.66. The lowest BCUT2D eigenvalue weighted by Crippen LogP contribution is -2.50. The molecule has 2 aliphatic rings. The van der Waals surface area contributed by atoms with Crippen molar-refractivity contribution in [2.24, 2.45) is 5.92 Å². The second-order valence-corrected chi connectivity index (χ2v) is 3.56. The Labute approximate surface area is 72.7 Å². The van der Waals surface area contributed by atoms with E-state index in [2.05, 4.69) is 6.42 Å². The molecule has 1 aliphatic carbocycles. The maximum atomic E-state index is 11.5. The number of rotatable bonds is 2. The van der Waals surface area contributed by atoms with Gasteiger partial charge >= 0.3 is 0 Å². The molecule has 0 aromatic carbocycles. The van der Waals surface area contributed by atoms with Crippen LogP contribution in [-0.2, 0) is 9.53 Å². The van der Waals surface area contributed by atoms with Gasteiger partial charge in [-0.3, -0.25) is 4.79 Å². The van der Waals surface area contributed by atoms with Crippen molar-refractivity contribution in [2.45, 2.75) is 18.9 Å². The van der Waals surface area contributed by atoms with E-state index < -0.39 is 0 Å². The Balaban J connectivity index is 1.76. The van der Waals surface area contributed by atoms with Crippen molar-refractivity contribution >= 4 is 5.91 Å². The third-order valence-corrected chi connectivity index (χ3v) is 2.79. The second-order valence-electron chi connectivity index (χ2n) is 3.56. The maximum Gasteiger partial charge on any atom is 0.225 e. The minimum atomic E-state index is 0.253. The molecule has 0 unspecified atom stereocenters. The van der Waals surface area contributed by atoms with Crippen molar-refractivity contribution in [3.8, 4) is 0 Å². The van der Waals surface area contributed by atoms with Crippen LogP contribution in [-0.4, -0.2) is 37.1 Å². The minimum Gasteiger partial charge on any atom is -0.381 e. The molecule has 0 aromatic heterocycles. The van der Waals surface area contributed by atoms with Crippen LogP contribution in [0.2, 0.25) is 0 Å². The summed E-state index contributed by atoms with van der Waals surface area (Å²) in [5, 5.41) is 0. The summed E-state index contributed by atoms with van der Waals surface area (Å²) in [6.07, 6.45) is 4.30. The summed E-state index contributed by atoms with van der Waals surface area (Å²) in [5.41, 5.74) is 0. The van der Waals surface area contributed by atoms with E-state index in [0.717, 1.165) is 25.9 Å². The van der Waals surface area contributed by atoms with Crippen molar-refractivity contribution < 1.29 is 9.53 Å². The predicted octanol–water partition coefficient (Wildman–Crippen LogP) is 0.458. The van der Waals surface area contributed by atoms with Crippen molar-refractivity contribution in [1.82, 2.24) is 4.90 Å². The van der Waals surface area contributed by atoms with Crippen LogP contribution < -0.4 is 0 Å². The van der Waals surface area contributed by atoms with Crippen LogP contribution >= 0.6 is 0 Å². The van der Waals surface area contributed by atoms with Gasteiger partial charge in [0.05, 0.1) is 6.10 Å². The van der Waals surface area contributed by atoms with Crippen LogP contribution in [0.3, 0.4) is 0 Å². The van der Waals surface area contributed by atoms with Crippen molar-refractivity contribution in [3.05, 3.63) is 6.42 Å². The highest BCUT2D eigenvalue weighted by molar-refractivity contribution is 5.80. The van der Waals surface area contributed by atoms with E-state index in [1.54, 1.807) is 7.11 Å². The lowest BCUT2D eigenvalue weighted by Gasteiger charge is -2.39. The maximum absolute atomic E-state index is 11.5. The monoisotopic (exact) mass is 168 g/mol. The average molecular weight is 168 g/mol. The first kappa shape index (κ1) is 8.05. The van der Waals surface area contributed by atoms with Gasteiger partial charge in [0.25, 0.3) is 0 Å². The number of amides is 1. The number of ether oxygens (including phenoxy) is 1. The molecule has 0 spiro atoms. The Kier molecular flexibility index (Phi) is 2.05. The van der Waals surface area contributed by atoms with Crippen LogP contribution in [0.25, 0.3) is 0 Å². The number of likely N-dealkylation sites (tertiary alicyclic amines) is 1. The van der Waals surface area contributed by atoms with Crippen molar-refractivity contribution in [1.29, 1.82) is 0 Å². The highest BCUT2D eigenvalue weighted by atomic mass is 16.5. The highest BCUT2D eigenvalue weighted by Crippen LogP contribution is 2.32. The van der Waals surface area contributed by atoms with Crippen LogP contribution in [0.1, 0.15) is 12.8 Å². The van der Waals surface area contributed by atoms with E-state index in [1.165, 1.54) is 0 Å². The first-order chi connectivity index (χ1) is 5.81. The quantitative estimate of drug-likeness (QED) is 0.599. The molecule has 1 saturated carbocycles. The molecule has 12 heavy (non-hydrogen) atoms. The number of hydrogen-bond donors (Lipinski definition) is 0. The molecule has 1 aliphatic heterocycles. The predicted molar refractivity (Wildman–Crippen MR) is 44.4 cm³/mol. The number of hydrogen-bond acceptors (Lipinski definition) is 2. The van der Waals surface area contributed by atoms with Crippen molar-refractivity contribution in [3.63, 3.8) is 0 Å². The average Bonchev–Trinajstić information content (AvgIpc) is 1.80. The Hall–Kier alpha value is -0.570. The molecule has 1 saturated heterocycles. The summed E-state index contributed by atoms with van der Waals surface area (Å²) in [6.45, 7) is 1.71. The second kappa shape index (κ2) is 3.05. The fraction of sp³-hybridized carbons (Fsp3) is 0.778. The minimum absolute atomic E-state index is 0.253. The van der Waals surface area contributed by atoms with E-state index in [4.69, 9.17) is 4.74 Å². The molecule has 3 heteroatoms. The molecule has 0 bridgehead atoms. The summed E-state index contributed by atoms with van der Waals surface area (Å²) in [6, 6.07) is 0. The number of carbonyl (C=O) groups excluding carboxylic acids is 1. The molecule has 67 valence electrons. The molecule has 2 rings (SSSR count). The molecular formula is C9H14NO2. The van der Waals surface area contributed by atoms with E-state index in [-0.39, 0.29) is 5.92 Å². The zero-order valence-electron chi connectivity index (χ0n) is 7.32. The number of methoxy groups -OCH3 is 1. The van der Waals surface area contributed by atoms with Gasteiger partial charge in [-0.05, 0) is 12.8 Å². The van der Waals surface area contributed by atoms with Crippen LogP contribution in [0.5, 0.6) is 0 Å². The number of carbonyl (C=O) groups is 1. The first-order valence-corrected chi connectivity index (χ1v) is 4.44. The summed E-state index contributed by atoms with van der Waals surface area (Å²) in [7, 11) is 1.71.